The number of sulfonamides is 1. The number of carbonyl (C=O) groups is 1. The molecule has 6 nitrogen and oxygen atoms in total. The minimum absolute atomic E-state index is 0.0316. The van der Waals surface area contributed by atoms with Crippen LogP contribution in [0.4, 0.5) is 4.79 Å². The molecule has 17 heavy (non-hydrogen) atoms. The van der Waals surface area contributed by atoms with Gasteiger partial charge >= 0.3 is 6.03 Å². The fourth-order valence-electron chi connectivity index (χ4n) is 2.49. The molecule has 98 valence electrons. The van der Waals surface area contributed by atoms with Crippen molar-refractivity contribution in [1.82, 2.24) is 9.80 Å². The number of hydrogen-bond acceptors (Lipinski definition) is 3. The Labute approximate surface area is 102 Å². The highest BCUT2D eigenvalue weighted by Crippen LogP contribution is 2.18. The lowest BCUT2D eigenvalue weighted by Crippen LogP contribution is -2.50. The van der Waals surface area contributed by atoms with E-state index in [1.807, 2.05) is 0 Å². The maximum Gasteiger partial charge on any atom is 0.320 e. The van der Waals surface area contributed by atoms with E-state index in [-0.39, 0.29) is 12.6 Å². The van der Waals surface area contributed by atoms with Crippen LogP contribution >= 0.6 is 0 Å². The van der Waals surface area contributed by atoms with E-state index < -0.39 is 15.3 Å². The summed E-state index contributed by atoms with van der Waals surface area (Å²) < 4.78 is 22.6. The van der Waals surface area contributed by atoms with Gasteiger partial charge in [-0.25, -0.2) is 18.4 Å². The van der Waals surface area contributed by atoms with Crippen molar-refractivity contribution in [1.29, 1.82) is 0 Å². The van der Waals surface area contributed by atoms with Gasteiger partial charge in [-0.3, -0.25) is 0 Å². The number of amides is 2. The molecule has 0 aromatic rings. The molecule has 0 aromatic carbocycles. The van der Waals surface area contributed by atoms with Crippen LogP contribution in [0.15, 0.2) is 0 Å². The highest BCUT2D eigenvalue weighted by Gasteiger charge is 2.32. The zero-order valence-electron chi connectivity index (χ0n) is 9.84. The fraction of sp³-hybridized carbons (Fsp3) is 0.900. The standard InChI is InChI=1S/C10H19N3O3S/c11-17(15,16)9-4-3-7-13(8-9)10(14)12-5-1-2-6-12/h9H,1-8H2,(H2,11,15,16). The maximum atomic E-state index is 12.1. The van der Waals surface area contributed by atoms with Gasteiger partial charge < -0.3 is 9.80 Å². The van der Waals surface area contributed by atoms with Gasteiger partial charge in [-0.05, 0) is 25.7 Å². The van der Waals surface area contributed by atoms with Crippen LogP contribution in [0.25, 0.3) is 0 Å². The predicted octanol–water partition coefficient (Wildman–Crippen LogP) is -0.0449. The second-order valence-electron chi connectivity index (χ2n) is 4.78. The molecule has 0 bridgehead atoms. The SMILES string of the molecule is NS(=O)(=O)C1CCCN(C(=O)N2CCCC2)C1. The minimum Gasteiger partial charge on any atom is -0.325 e. The first kappa shape index (κ1) is 12.6. The minimum atomic E-state index is -3.53. The van der Waals surface area contributed by atoms with Gasteiger partial charge in [0.15, 0.2) is 0 Å². The van der Waals surface area contributed by atoms with Crippen molar-refractivity contribution >= 4 is 16.1 Å². The topological polar surface area (TPSA) is 83.7 Å². The lowest BCUT2D eigenvalue weighted by atomic mass is 10.1. The van der Waals surface area contributed by atoms with E-state index in [0.29, 0.717) is 19.4 Å². The Morgan fingerprint density at radius 2 is 1.65 bits per heavy atom. The first-order valence-corrected chi connectivity index (χ1v) is 7.65. The van der Waals surface area contributed by atoms with E-state index in [2.05, 4.69) is 0 Å². The largest absolute Gasteiger partial charge is 0.325 e. The van der Waals surface area contributed by atoms with E-state index in [4.69, 9.17) is 5.14 Å². The average molecular weight is 261 g/mol. The van der Waals surface area contributed by atoms with Crippen LogP contribution in [0.3, 0.4) is 0 Å². The lowest BCUT2D eigenvalue weighted by molar-refractivity contribution is 0.153. The second-order valence-corrected chi connectivity index (χ2v) is 6.62. The van der Waals surface area contributed by atoms with Crippen LogP contribution in [0.2, 0.25) is 0 Å². The molecule has 0 radical (unpaired) electrons. The molecule has 1 atom stereocenters. The van der Waals surface area contributed by atoms with Crippen LogP contribution in [0.5, 0.6) is 0 Å². The number of likely N-dealkylation sites (tertiary alicyclic amines) is 2. The molecule has 1 unspecified atom stereocenters. The van der Waals surface area contributed by atoms with Crippen LogP contribution < -0.4 is 5.14 Å². The van der Waals surface area contributed by atoms with Gasteiger partial charge in [0, 0.05) is 26.2 Å². The molecule has 2 aliphatic rings. The first-order valence-electron chi connectivity index (χ1n) is 6.04. The summed E-state index contributed by atoms with van der Waals surface area (Å²) in [5, 5.41) is 4.55. The molecule has 2 rings (SSSR count). The van der Waals surface area contributed by atoms with Crippen molar-refractivity contribution < 1.29 is 13.2 Å². The van der Waals surface area contributed by atoms with E-state index >= 15 is 0 Å². The van der Waals surface area contributed by atoms with Crippen LogP contribution in [0.1, 0.15) is 25.7 Å². The fourth-order valence-corrected chi connectivity index (χ4v) is 3.37. The Kier molecular flexibility index (Phi) is 3.58. The summed E-state index contributed by atoms with van der Waals surface area (Å²) in [6.45, 7) is 2.46. The smallest absolute Gasteiger partial charge is 0.320 e. The highest BCUT2D eigenvalue weighted by atomic mass is 32.2. The van der Waals surface area contributed by atoms with Gasteiger partial charge in [0.2, 0.25) is 10.0 Å². The molecule has 0 aliphatic carbocycles. The van der Waals surface area contributed by atoms with E-state index in [1.165, 1.54) is 0 Å². The maximum absolute atomic E-state index is 12.1. The third-order valence-corrected chi connectivity index (χ3v) is 4.80. The number of primary sulfonamides is 1. The monoisotopic (exact) mass is 261 g/mol. The summed E-state index contributed by atoms with van der Waals surface area (Å²) in [7, 11) is -3.53. The second kappa shape index (κ2) is 4.81. The Hall–Kier alpha value is -0.820. The van der Waals surface area contributed by atoms with E-state index in [9.17, 15) is 13.2 Å². The molecular formula is C10H19N3O3S. The molecule has 0 spiro atoms. The van der Waals surface area contributed by atoms with Gasteiger partial charge in [0.05, 0.1) is 5.25 Å². The van der Waals surface area contributed by atoms with Crippen molar-refractivity contribution in [3.8, 4) is 0 Å². The number of nitrogens with zero attached hydrogens (tertiary/aromatic N) is 2. The molecule has 0 saturated carbocycles. The van der Waals surface area contributed by atoms with Gasteiger partial charge in [0.25, 0.3) is 0 Å². The third kappa shape index (κ3) is 2.90. The average Bonchev–Trinajstić information content (AvgIpc) is 2.80. The molecule has 2 amide bonds. The number of urea groups is 1. The summed E-state index contributed by atoms with van der Waals surface area (Å²) in [6, 6.07) is -0.0316. The Morgan fingerprint density at radius 3 is 2.24 bits per heavy atom. The Balaban J connectivity index is 1.99. The van der Waals surface area contributed by atoms with Crippen molar-refractivity contribution in [2.24, 2.45) is 5.14 Å². The number of hydrogen-bond donors (Lipinski definition) is 1. The molecule has 0 aromatic heterocycles. The zero-order chi connectivity index (χ0) is 12.5. The summed E-state index contributed by atoms with van der Waals surface area (Å²) in [5.74, 6) is 0. The van der Waals surface area contributed by atoms with Crippen LogP contribution in [-0.2, 0) is 10.0 Å². The molecule has 2 aliphatic heterocycles. The van der Waals surface area contributed by atoms with Crippen molar-refractivity contribution in [3.63, 3.8) is 0 Å². The number of carbonyl (C=O) groups excluding carboxylic acids is 1. The van der Waals surface area contributed by atoms with Gasteiger partial charge in [0.1, 0.15) is 0 Å². The molecule has 2 saturated heterocycles. The number of nitrogens with two attached hydrogens (primary N) is 1. The molecule has 2 fully saturated rings. The van der Waals surface area contributed by atoms with Gasteiger partial charge in [-0.2, -0.15) is 0 Å². The summed E-state index contributed by atoms with van der Waals surface area (Å²) in [5.41, 5.74) is 0. The Morgan fingerprint density at radius 1 is 1.06 bits per heavy atom. The molecular weight excluding hydrogens is 242 g/mol. The van der Waals surface area contributed by atoms with Crippen LogP contribution in [0, 0.1) is 0 Å². The third-order valence-electron chi connectivity index (χ3n) is 3.49. The Bertz CT molecular complexity index is 390. The number of piperidine rings is 1. The van der Waals surface area contributed by atoms with Crippen molar-refractivity contribution in [2.45, 2.75) is 30.9 Å². The van der Waals surface area contributed by atoms with Gasteiger partial charge in [-0.1, -0.05) is 0 Å². The van der Waals surface area contributed by atoms with Crippen molar-refractivity contribution in [3.05, 3.63) is 0 Å². The lowest BCUT2D eigenvalue weighted by Gasteiger charge is -2.34. The van der Waals surface area contributed by atoms with Gasteiger partial charge in [-0.15, -0.1) is 0 Å². The zero-order valence-corrected chi connectivity index (χ0v) is 10.7. The predicted molar refractivity (Wildman–Crippen MR) is 63.9 cm³/mol. The normalized spacial score (nSPS) is 26.3. The summed E-state index contributed by atoms with van der Waals surface area (Å²) in [4.78, 5) is 15.5. The summed E-state index contributed by atoms with van der Waals surface area (Å²) in [6.07, 6.45) is 3.35. The van der Waals surface area contributed by atoms with E-state index in [0.717, 1.165) is 25.9 Å². The molecule has 2 heterocycles. The van der Waals surface area contributed by atoms with E-state index in [1.54, 1.807) is 9.80 Å². The highest BCUT2D eigenvalue weighted by molar-refractivity contribution is 7.89. The molecule has 2 N–H and O–H groups in total. The number of rotatable bonds is 1. The molecule has 7 heteroatoms. The van der Waals surface area contributed by atoms with Crippen LogP contribution in [-0.4, -0.2) is 55.7 Å². The summed E-state index contributed by atoms with van der Waals surface area (Å²) >= 11 is 0. The van der Waals surface area contributed by atoms with Crippen molar-refractivity contribution in [2.75, 3.05) is 26.2 Å². The first-order chi connectivity index (χ1) is 7.98. The quantitative estimate of drug-likeness (QED) is 0.718.